The van der Waals surface area contributed by atoms with Crippen molar-refractivity contribution in [2.75, 3.05) is 31.2 Å². The molecule has 0 atom stereocenters. The Balaban J connectivity index is 1.46. The van der Waals surface area contributed by atoms with E-state index in [2.05, 4.69) is 25.3 Å². The molecule has 3 heterocycles. The van der Waals surface area contributed by atoms with Gasteiger partial charge >= 0.3 is 0 Å². The molecule has 1 N–H and O–H groups in total. The molecular weight excluding hydrogens is 368 g/mol. The van der Waals surface area contributed by atoms with Crippen LogP contribution in [0.2, 0.25) is 5.02 Å². The molecule has 1 saturated heterocycles. The standard InChI is InChI=1S/C18H19ClN6O2/c19-14-3-1-2-13(8-14)9-20-16(26)11-25-18-15(10-23-25)17(21-12-22-18)24-4-6-27-7-5-24/h1-3,8,10,12H,4-7,9,11H2,(H,20,26). The highest BCUT2D eigenvalue weighted by Gasteiger charge is 2.18. The lowest BCUT2D eigenvalue weighted by molar-refractivity contribution is -0.121. The number of nitrogens with zero attached hydrogens (tertiary/aromatic N) is 5. The monoisotopic (exact) mass is 386 g/mol. The van der Waals surface area contributed by atoms with E-state index in [4.69, 9.17) is 16.3 Å². The maximum absolute atomic E-state index is 12.3. The minimum Gasteiger partial charge on any atom is -0.378 e. The zero-order chi connectivity index (χ0) is 18.6. The molecule has 4 rings (SSSR count). The molecule has 27 heavy (non-hydrogen) atoms. The number of aromatic nitrogens is 4. The first-order valence-electron chi connectivity index (χ1n) is 8.71. The van der Waals surface area contributed by atoms with Gasteiger partial charge in [0.2, 0.25) is 5.91 Å². The smallest absolute Gasteiger partial charge is 0.242 e. The first-order chi connectivity index (χ1) is 13.2. The van der Waals surface area contributed by atoms with Crippen LogP contribution in [0, 0.1) is 0 Å². The Labute approximate surface area is 161 Å². The van der Waals surface area contributed by atoms with E-state index in [0.29, 0.717) is 30.4 Å². The van der Waals surface area contributed by atoms with E-state index in [-0.39, 0.29) is 12.5 Å². The summed E-state index contributed by atoms with van der Waals surface area (Å²) in [5.41, 5.74) is 1.59. The summed E-state index contributed by atoms with van der Waals surface area (Å²) >= 11 is 5.97. The van der Waals surface area contributed by atoms with Crippen LogP contribution in [-0.2, 0) is 22.6 Å². The number of hydrogen-bond acceptors (Lipinski definition) is 6. The van der Waals surface area contributed by atoms with Crippen LogP contribution in [0.5, 0.6) is 0 Å². The van der Waals surface area contributed by atoms with Gasteiger partial charge in [0.1, 0.15) is 18.7 Å². The van der Waals surface area contributed by atoms with Gasteiger partial charge in [0.15, 0.2) is 5.65 Å². The number of nitrogens with one attached hydrogen (secondary N) is 1. The highest BCUT2D eigenvalue weighted by atomic mass is 35.5. The molecule has 1 aliphatic heterocycles. The summed E-state index contributed by atoms with van der Waals surface area (Å²) in [7, 11) is 0. The average molecular weight is 387 g/mol. The molecule has 9 heteroatoms. The molecule has 0 unspecified atom stereocenters. The number of anilines is 1. The number of carbonyl (C=O) groups excluding carboxylic acids is 1. The summed E-state index contributed by atoms with van der Waals surface area (Å²) in [6.45, 7) is 3.39. The minimum atomic E-state index is -0.147. The van der Waals surface area contributed by atoms with Gasteiger partial charge in [-0.15, -0.1) is 0 Å². The zero-order valence-corrected chi connectivity index (χ0v) is 15.4. The molecule has 1 fully saturated rings. The second-order valence-electron chi connectivity index (χ2n) is 6.24. The lowest BCUT2D eigenvalue weighted by Gasteiger charge is -2.27. The van der Waals surface area contributed by atoms with Crippen LogP contribution in [0.15, 0.2) is 36.8 Å². The molecule has 0 aliphatic carbocycles. The number of amides is 1. The molecule has 0 saturated carbocycles. The minimum absolute atomic E-state index is 0.0869. The van der Waals surface area contributed by atoms with Crippen molar-refractivity contribution in [3.05, 3.63) is 47.4 Å². The number of halogens is 1. The number of fused-ring (bicyclic) bond motifs is 1. The molecule has 1 aromatic carbocycles. The highest BCUT2D eigenvalue weighted by Crippen LogP contribution is 2.23. The molecule has 2 aromatic heterocycles. The van der Waals surface area contributed by atoms with E-state index in [0.717, 1.165) is 29.9 Å². The summed E-state index contributed by atoms with van der Waals surface area (Å²) in [6.07, 6.45) is 3.22. The third-order valence-electron chi connectivity index (χ3n) is 4.40. The van der Waals surface area contributed by atoms with E-state index >= 15 is 0 Å². The topological polar surface area (TPSA) is 85.2 Å². The van der Waals surface area contributed by atoms with Crippen molar-refractivity contribution in [2.45, 2.75) is 13.1 Å². The van der Waals surface area contributed by atoms with Crippen LogP contribution in [0.1, 0.15) is 5.56 Å². The number of rotatable bonds is 5. The zero-order valence-electron chi connectivity index (χ0n) is 14.6. The summed E-state index contributed by atoms with van der Waals surface area (Å²) in [4.78, 5) is 23.2. The fourth-order valence-corrected chi connectivity index (χ4v) is 3.28. The normalized spacial score (nSPS) is 14.5. The van der Waals surface area contributed by atoms with Crippen molar-refractivity contribution in [1.82, 2.24) is 25.1 Å². The summed E-state index contributed by atoms with van der Waals surface area (Å²) in [5.74, 6) is 0.681. The molecule has 0 spiro atoms. The van der Waals surface area contributed by atoms with Crippen molar-refractivity contribution in [2.24, 2.45) is 0 Å². The first-order valence-corrected chi connectivity index (χ1v) is 9.09. The van der Waals surface area contributed by atoms with Crippen LogP contribution < -0.4 is 10.2 Å². The maximum Gasteiger partial charge on any atom is 0.242 e. The van der Waals surface area contributed by atoms with E-state index in [1.807, 2.05) is 18.2 Å². The Hall–Kier alpha value is -2.71. The molecule has 140 valence electrons. The highest BCUT2D eigenvalue weighted by molar-refractivity contribution is 6.30. The van der Waals surface area contributed by atoms with E-state index in [1.54, 1.807) is 16.9 Å². The number of carbonyl (C=O) groups is 1. The summed E-state index contributed by atoms with van der Waals surface area (Å²) < 4.78 is 6.99. The van der Waals surface area contributed by atoms with Crippen LogP contribution in [-0.4, -0.2) is 52.0 Å². The van der Waals surface area contributed by atoms with Crippen molar-refractivity contribution in [1.29, 1.82) is 0 Å². The Morgan fingerprint density at radius 3 is 2.93 bits per heavy atom. The average Bonchev–Trinajstić information content (AvgIpc) is 3.10. The number of hydrogen-bond donors (Lipinski definition) is 1. The van der Waals surface area contributed by atoms with Gasteiger partial charge in [-0.1, -0.05) is 23.7 Å². The van der Waals surface area contributed by atoms with Gasteiger partial charge in [-0.05, 0) is 17.7 Å². The maximum atomic E-state index is 12.3. The van der Waals surface area contributed by atoms with Gasteiger partial charge in [-0.25, -0.2) is 14.6 Å². The SMILES string of the molecule is O=C(Cn1ncc2c(N3CCOCC3)ncnc21)NCc1cccc(Cl)c1. The van der Waals surface area contributed by atoms with Gasteiger partial charge in [0, 0.05) is 24.7 Å². The molecule has 8 nitrogen and oxygen atoms in total. The third kappa shape index (κ3) is 4.01. The molecule has 1 amide bonds. The Bertz CT molecular complexity index is 954. The fourth-order valence-electron chi connectivity index (χ4n) is 3.06. The quantitative estimate of drug-likeness (QED) is 0.717. The van der Waals surface area contributed by atoms with E-state index < -0.39 is 0 Å². The van der Waals surface area contributed by atoms with Crippen LogP contribution in [0.3, 0.4) is 0 Å². The predicted molar refractivity (Wildman–Crippen MR) is 102 cm³/mol. The van der Waals surface area contributed by atoms with Crippen molar-refractivity contribution < 1.29 is 9.53 Å². The molecular formula is C18H19ClN6O2. The van der Waals surface area contributed by atoms with Gasteiger partial charge < -0.3 is 15.0 Å². The van der Waals surface area contributed by atoms with Gasteiger partial charge in [0.25, 0.3) is 0 Å². The molecule has 1 aliphatic rings. The van der Waals surface area contributed by atoms with Crippen LogP contribution in [0.4, 0.5) is 5.82 Å². The Morgan fingerprint density at radius 2 is 2.11 bits per heavy atom. The lowest BCUT2D eigenvalue weighted by atomic mass is 10.2. The van der Waals surface area contributed by atoms with E-state index in [9.17, 15) is 4.79 Å². The Morgan fingerprint density at radius 1 is 1.26 bits per heavy atom. The van der Waals surface area contributed by atoms with Gasteiger partial charge in [0.05, 0.1) is 24.8 Å². The van der Waals surface area contributed by atoms with E-state index in [1.165, 1.54) is 6.33 Å². The summed E-state index contributed by atoms with van der Waals surface area (Å²) in [5, 5.41) is 8.69. The first kappa shape index (κ1) is 17.7. The number of morpholine rings is 1. The van der Waals surface area contributed by atoms with Gasteiger partial charge in [-0.2, -0.15) is 5.10 Å². The van der Waals surface area contributed by atoms with Crippen molar-refractivity contribution in [3.63, 3.8) is 0 Å². The van der Waals surface area contributed by atoms with Crippen molar-refractivity contribution >= 4 is 34.4 Å². The van der Waals surface area contributed by atoms with Crippen LogP contribution in [0.25, 0.3) is 11.0 Å². The fraction of sp³-hybridized carbons (Fsp3) is 0.333. The lowest BCUT2D eigenvalue weighted by Crippen LogP contribution is -2.36. The third-order valence-corrected chi connectivity index (χ3v) is 4.63. The predicted octanol–water partition coefficient (Wildman–Crippen LogP) is 1.63. The largest absolute Gasteiger partial charge is 0.378 e. The molecule has 0 radical (unpaired) electrons. The molecule has 3 aromatic rings. The second-order valence-corrected chi connectivity index (χ2v) is 6.68. The summed E-state index contributed by atoms with van der Waals surface area (Å²) in [6, 6.07) is 7.40. The van der Waals surface area contributed by atoms with Crippen molar-refractivity contribution in [3.8, 4) is 0 Å². The number of benzene rings is 1. The van der Waals surface area contributed by atoms with Crippen LogP contribution >= 0.6 is 11.6 Å². The molecule has 0 bridgehead atoms. The number of ether oxygens (including phenoxy) is 1. The van der Waals surface area contributed by atoms with Gasteiger partial charge in [-0.3, -0.25) is 4.79 Å². The Kier molecular flexibility index (Phi) is 5.17. The second kappa shape index (κ2) is 7.89.